The highest BCUT2D eigenvalue weighted by Crippen LogP contribution is 2.31. The third-order valence-corrected chi connectivity index (χ3v) is 11.7. The molecule has 7 rings (SSSR count). The number of benzene rings is 2. The summed E-state index contributed by atoms with van der Waals surface area (Å²) < 4.78 is 0. The molecule has 5 aromatic rings. The second-order valence-electron chi connectivity index (χ2n) is 16.0. The van der Waals surface area contributed by atoms with Crippen LogP contribution >= 0.6 is 11.3 Å². The van der Waals surface area contributed by atoms with Crippen LogP contribution in [0.25, 0.3) is 21.8 Å². The lowest BCUT2D eigenvalue weighted by molar-refractivity contribution is -0.142. The van der Waals surface area contributed by atoms with E-state index in [-0.39, 0.29) is 48.0 Å². The summed E-state index contributed by atoms with van der Waals surface area (Å²) in [6, 6.07) is 17.5. The molecule has 5 heterocycles. The highest BCUT2D eigenvalue weighted by Gasteiger charge is 2.45. The molecule has 0 bridgehead atoms. The van der Waals surface area contributed by atoms with Gasteiger partial charge in [-0.25, -0.2) is 15.0 Å². The number of aliphatic hydroxyl groups excluding tert-OH is 1. The van der Waals surface area contributed by atoms with Crippen LogP contribution in [0.15, 0.2) is 72.2 Å². The number of hydrogen-bond donors (Lipinski definition) is 5. The number of nitrogen functional groups attached to an aromatic ring is 1. The Balaban J connectivity index is 0.996. The van der Waals surface area contributed by atoms with Crippen LogP contribution in [0.5, 0.6) is 5.75 Å². The van der Waals surface area contributed by atoms with Gasteiger partial charge in [-0.1, -0.05) is 63.2 Å². The van der Waals surface area contributed by atoms with Crippen molar-refractivity contribution in [3.63, 3.8) is 0 Å². The number of piperazine rings is 1. The van der Waals surface area contributed by atoms with Gasteiger partial charge in [-0.3, -0.25) is 14.4 Å². The summed E-state index contributed by atoms with van der Waals surface area (Å²) in [4.78, 5) is 62.0. The number of anilines is 3. The quantitative estimate of drug-likeness (QED) is 0.135. The highest BCUT2D eigenvalue weighted by molar-refractivity contribution is 7.13. The number of aromatic nitrogens is 5. The molecule has 0 radical (unpaired) electrons. The predicted molar refractivity (Wildman–Crippen MR) is 226 cm³/mol. The summed E-state index contributed by atoms with van der Waals surface area (Å²) in [5, 5.41) is 35.1. The number of nitrogens with one attached hydrogen (secondary N) is 2. The number of carbonyl (C=O) groups excluding carboxylic acids is 3. The van der Waals surface area contributed by atoms with Gasteiger partial charge in [0, 0.05) is 39.1 Å². The predicted octanol–water partition coefficient (Wildman–Crippen LogP) is 3.96. The van der Waals surface area contributed by atoms with E-state index in [0.29, 0.717) is 43.4 Å². The van der Waals surface area contributed by atoms with Gasteiger partial charge in [0.1, 0.15) is 29.3 Å². The van der Waals surface area contributed by atoms with Gasteiger partial charge in [-0.15, -0.1) is 21.5 Å². The number of aromatic hydroxyl groups is 1. The van der Waals surface area contributed by atoms with Crippen molar-refractivity contribution in [3.8, 4) is 27.6 Å². The van der Waals surface area contributed by atoms with Crippen LogP contribution in [0.4, 0.5) is 17.5 Å². The highest BCUT2D eigenvalue weighted by atomic mass is 32.1. The molecule has 16 nitrogen and oxygen atoms in total. The molecule has 0 aliphatic carbocycles. The zero-order valence-electron chi connectivity index (χ0n) is 33.7. The van der Waals surface area contributed by atoms with Crippen molar-refractivity contribution in [3.05, 3.63) is 89.2 Å². The molecule has 4 atom stereocenters. The van der Waals surface area contributed by atoms with Crippen LogP contribution in [0.1, 0.15) is 61.9 Å². The standard InChI is InChI=1S/C42H49N11O5S/c1-24(26-13-15-27(16-14-26)34-25(2)44-23-59-34)45-40(57)31-21-28(54)22-53(31)41(58)35(42(3,4)5)47-39(56)30-10-8-12-33(46-30)51-17-19-52(20-18-51)38-36(43)49-50-37(48-38)29-9-6-7-11-32(29)55/h6-16,23-24,28,31,35,54-55H,17-22H2,1-5H3,(H2,43,49)(H,45,57)(H,47,56). The maximum absolute atomic E-state index is 14.3. The van der Waals surface area contributed by atoms with E-state index in [0.717, 1.165) is 21.7 Å². The minimum absolute atomic E-state index is 0.0382. The second-order valence-corrected chi connectivity index (χ2v) is 16.9. The number of amides is 3. The number of pyridine rings is 1. The molecule has 308 valence electrons. The zero-order valence-corrected chi connectivity index (χ0v) is 34.5. The average Bonchev–Trinajstić information content (AvgIpc) is 3.85. The van der Waals surface area contributed by atoms with Gasteiger partial charge in [0.2, 0.25) is 11.8 Å². The fourth-order valence-corrected chi connectivity index (χ4v) is 8.24. The van der Waals surface area contributed by atoms with E-state index in [1.165, 1.54) is 4.90 Å². The van der Waals surface area contributed by atoms with Gasteiger partial charge < -0.3 is 41.3 Å². The topological polar surface area (TPSA) is 216 Å². The van der Waals surface area contributed by atoms with Gasteiger partial charge in [0.05, 0.1) is 33.8 Å². The average molecular weight is 820 g/mol. The number of para-hydroxylation sites is 1. The van der Waals surface area contributed by atoms with E-state index in [1.807, 2.05) is 80.3 Å². The maximum Gasteiger partial charge on any atom is 0.270 e. The molecule has 2 fully saturated rings. The van der Waals surface area contributed by atoms with Crippen LogP contribution in [0, 0.1) is 12.3 Å². The van der Waals surface area contributed by atoms with E-state index in [1.54, 1.807) is 47.7 Å². The molecule has 2 aliphatic rings. The first-order valence-electron chi connectivity index (χ1n) is 19.5. The van der Waals surface area contributed by atoms with Crippen molar-refractivity contribution in [2.75, 3.05) is 48.3 Å². The number of phenolic OH excluding ortho intramolecular Hbond substituents is 1. The first-order chi connectivity index (χ1) is 28.2. The summed E-state index contributed by atoms with van der Waals surface area (Å²) >= 11 is 1.57. The Bertz CT molecular complexity index is 2320. The third-order valence-electron chi connectivity index (χ3n) is 10.7. The number of phenols is 1. The molecule has 17 heteroatoms. The number of rotatable bonds is 10. The number of carbonyl (C=O) groups is 3. The van der Waals surface area contributed by atoms with E-state index in [9.17, 15) is 24.6 Å². The lowest BCUT2D eigenvalue weighted by atomic mass is 9.85. The van der Waals surface area contributed by atoms with Crippen LogP contribution in [0.3, 0.4) is 0 Å². The molecule has 3 aromatic heterocycles. The molecule has 4 unspecified atom stereocenters. The molecule has 6 N–H and O–H groups in total. The molecular weight excluding hydrogens is 771 g/mol. The fraction of sp³-hybridized carbons (Fsp3) is 0.381. The van der Waals surface area contributed by atoms with Crippen LogP contribution in [-0.2, 0) is 9.59 Å². The Morgan fingerprint density at radius 2 is 1.63 bits per heavy atom. The van der Waals surface area contributed by atoms with Crippen LogP contribution in [0.2, 0.25) is 0 Å². The lowest BCUT2D eigenvalue weighted by Crippen LogP contribution is -2.58. The molecule has 2 saturated heterocycles. The van der Waals surface area contributed by atoms with Crippen molar-refractivity contribution >= 4 is 46.5 Å². The molecular formula is C42H49N11O5S. The summed E-state index contributed by atoms with van der Waals surface area (Å²) in [7, 11) is 0. The summed E-state index contributed by atoms with van der Waals surface area (Å²) in [5.74, 6) is 0.135. The number of likely N-dealkylation sites (tertiary alicyclic amines) is 1. The number of thiazole rings is 1. The van der Waals surface area contributed by atoms with Crippen LogP contribution < -0.4 is 26.2 Å². The number of β-amino-alcohol motifs (C(OH)–C–C–N with tert-alkyl or cyclic N) is 1. The van der Waals surface area contributed by atoms with Gasteiger partial charge >= 0.3 is 0 Å². The summed E-state index contributed by atoms with van der Waals surface area (Å²) in [5.41, 5.74) is 10.7. The smallest absolute Gasteiger partial charge is 0.270 e. The van der Waals surface area contributed by atoms with E-state index in [2.05, 4.69) is 35.8 Å². The molecule has 3 amide bonds. The Hall–Kier alpha value is -6.20. The van der Waals surface area contributed by atoms with Gasteiger partial charge in [-0.2, -0.15) is 0 Å². The van der Waals surface area contributed by atoms with Crippen molar-refractivity contribution in [2.45, 2.75) is 65.3 Å². The van der Waals surface area contributed by atoms with Crippen molar-refractivity contribution < 1.29 is 24.6 Å². The monoisotopic (exact) mass is 819 g/mol. The second kappa shape index (κ2) is 17.0. The molecule has 0 saturated carbocycles. The van der Waals surface area contributed by atoms with Crippen molar-refractivity contribution in [1.82, 2.24) is 40.7 Å². The molecule has 2 aliphatic heterocycles. The van der Waals surface area contributed by atoms with E-state index in [4.69, 9.17) is 5.73 Å². The van der Waals surface area contributed by atoms with E-state index >= 15 is 0 Å². The number of hydrogen-bond acceptors (Lipinski definition) is 14. The Kier molecular flexibility index (Phi) is 11.8. The summed E-state index contributed by atoms with van der Waals surface area (Å²) in [6.45, 7) is 11.4. The van der Waals surface area contributed by atoms with Gasteiger partial charge in [0.15, 0.2) is 17.5 Å². The fourth-order valence-electron chi connectivity index (χ4n) is 7.43. The van der Waals surface area contributed by atoms with Crippen molar-refractivity contribution in [1.29, 1.82) is 0 Å². The number of nitrogens with two attached hydrogens (primary N) is 1. The number of nitrogens with zero attached hydrogens (tertiary/aromatic N) is 8. The van der Waals surface area contributed by atoms with Gasteiger partial charge in [-0.05, 0) is 54.7 Å². The normalized spacial score (nSPS) is 18.0. The number of aryl methyl sites for hydroxylation is 1. The molecule has 59 heavy (non-hydrogen) atoms. The minimum Gasteiger partial charge on any atom is -0.507 e. The molecule has 0 spiro atoms. The Labute approximate surface area is 346 Å². The largest absolute Gasteiger partial charge is 0.507 e. The van der Waals surface area contributed by atoms with Crippen LogP contribution in [-0.4, -0.2) is 109 Å². The number of aliphatic hydroxyl groups is 1. The van der Waals surface area contributed by atoms with E-state index < -0.39 is 35.4 Å². The minimum atomic E-state index is -1.03. The molecule has 2 aromatic carbocycles. The zero-order chi connectivity index (χ0) is 42.0. The third kappa shape index (κ3) is 8.95. The Morgan fingerprint density at radius 3 is 2.31 bits per heavy atom. The van der Waals surface area contributed by atoms with Crippen molar-refractivity contribution in [2.24, 2.45) is 5.41 Å². The van der Waals surface area contributed by atoms with Gasteiger partial charge in [0.25, 0.3) is 5.91 Å². The Morgan fingerprint density at radius 1 is 0.915 bits per heavy atom. The maximum atomic E-state index is 14.3. The first-order valence-corrected chi connectivity index (χ1v) is 20.4. The SMILES string of the molecule is Cc1ncsc1-c1ccc(C(C)NC(=O)C2CC(O)CN2C(=O)C(NC(=O)c2cccc(N3CCN(c4nc(-c5ccccc5O)nnc4N)CC3)n2)C(C)(C)C)cc1. The first kappa shape index (κ1) is 41.0. The summed E-state index contributed by atoms with van der Waals surface area (Å²) in [6.07, 6.45) is -0.823. The lowest BCUT2D eigenvalue weighted by Gasteiger charge is -2.36.